The molecule has 0 unspecified atom stereocenters. The number of halogens is 3. The second kappa shape index (κ2) is 12.9. The normalized spacial score (nSPS) is 13.9. The molecule has 3 aromatic carbocycles. The Hall–Kier alpha value is -5.04. The van der Waals surface area contributed by atoms with Gasteiger partial charge in [0.2, 0.25) is 0 Å². The fourth-order valence-corrected chi connectivity index (χ4v) is 5.01. The number of likely N-dealkylation sites (N-methyl/N-ethyl adjacent to an activating group) is 1. The SMILES string of the molecule is COc1ccc(Cn2ncc(NC(=O)c3cc(NC(=O)c4cc(N5CCN(C)CC5)cc(C(F)(F)F)c4)ccc3C)c2N)cc1. The quantitative estimate of drug-likeness (QED) is 0.251. The molecule has 0 saturated carbocycles. The first-order valence-electron chi connectivity index (χ1n) is 14.2. The van der Waals surface area contributed by atoms with Crippen LogP contribution in [0.1, 0.15) is 37.4 Å². The number of nitrogens with one attached hydrogen (secondary N) is 2. The molecular weight excluding hydrogens is 587 g/mol. The molecule has 4 N–H and O–H groups in total. The number of aryl methyl sites for hydroxylation is 1. The largest absolute Gasteiger partial charge is 0.497 e. The number of ether oxygens (including phenoxy) is 1. The summed E-state index contributed by atoms with van der Waals surface area (Å²) in [6.07, 6.45) is -3.18. The molecule has 0 spiro atoms. The Morgan fingerprint density at radius 3 is 2.33 bits per heavy atom. The molecule has 2 amide bonds. The number of alkyl halides is 3. The Balaban J connectivity index is 1.32. The number of hydrogen-bond donors (Lipinski definition) is 3. The molecule has 4 aromatic rings. The van der Waals surface area contributed by atoms with E-state index in [-0.39, 0.29) is 22.6 Å². The summed E-state index contributed by atoms with van der Waals surface area (Å²) < 4.78 is 48.1. The van der Waals surface area contributed by atoms with E-state index in [0.717, 1.165) is 23.4 Å². The number of benzene rings is 3. The molecule has 1 aliphatic rings. The van der Waals surface area contributed by atoms with Gasteiger partial charge in [0.05, 0.1) is 25.4 Å². The number of anilines is 4. The van der Waals surface area contributed by atoms with Gasteiger partial charge >= 0.3 is 6.18 Å². The Morgan fingerprint density at radius 1 is 0.956 bits per heavy atom. The molecule has 0 radical (unpaired) electrons. The van der Waals surface area contributed by atoms with Crippen molar-refractivity contribution >= 4 is 34.7 Å². The smallest absolute Gasteiger partial charge is 0.416 e. The van der Waals surface area contributed by atoms with Gasteiger partial charge in [-0.3, -0.25) is 9.59 Å². The van der Waals surface area contributed by atoms with Crippen LogP contribution >= 0.6 is 0 Å². The number of rotatable bonds is 8. The summed E-state index contributed by atoms with van der Waals surface area (Å²) in [5.74, 6) is -0.243. The monoisotopic (exact) mass is 621 g/mol. The van der Waals surface area contributed by atoms with Crippen molar-refractivity contribution in [1.29, 1.82) is 0 Å². The summed E-state index contributed by atoms with van der Waals surface area (Å²) in [7, 11) is 3.53. The molecule has 10 nitrogen and oxygen atoms in total. The molecule has 0 aliphatic carbocycles. The van der Waals surface area contributed by atoms with Crippen molar-refractivity contribution in [2.75, 3.05) is 61.6 Å². The van der Waals surface area contributed by atoms with E-state index in [2.05, 4.69) is 20.6 Å². The van der Waals surface area contributed by atoms with Gasteiger partial charge in [-0.2, -0.15) is 18.3 Å². The molecule has 0 bridgehead atoms. The van der Waals surface area contributed by atoms with Crippen LogP contribution in [0, 0.1) is 6.92 Å². The fourth-order valence-electron chi connectivity index (χ4n) is 5.01. The highest BCUT2D eigenvalue weighted by molar-refractivity contribution is 6.09. The molecule has 236 valence electrons. The lowest BCUT2D eigenvalue weighted by Crippen LogP contribution is -2.44. The summed E-state index contributed by atoms with van der Waals surface area (Å²) in [5.41, 5.74) is 7.90. The zero-order chi connectivity index (χ0) is 32.3. The van der Waals surface area contributed by atoms with E-state index < -0.39 is 23.6 Å². The lowest BCUT2D eigenvalue weighted by Gasteiger charge is -2.34. The number of aromatic nitrogens is 2. The molecule has 45 heavy (non-hydrogen) atoms. The average molecular weight is 622 g/mol. The molecule has 1 saturated heterocycles. The highest BCUT2D eigenvalue weighted by Crippen LogP contribution is 2.34. The van der Waals surface area contributed by atoms with Crippen LogP contribution in [0.15, 0.2) is 66.9 Å². The molecule has 1 aliphatic heterocycles. The Bertz CT molecular complexity index is 1700. The third kappa shape index (κ3) is 7.37. The van der Waals surface area contributed by atoms with E-state index in [1.165, 1.54) is 18.3 Å². The minimum absolute atomic E-state index is 0.137. The molecule has 13 heteroatoms. The predicted molar refractivity (Wildman–Crippen MR) is 167 cm³/mol. The van der Waals surface area contributed by atoms with Crippen LogP contribution in [0.5, 0.6) is 5.75 Å². The summed E-state index contributed by atoms with van der Waals surface area (Å²) in [5, 5.41) is 9.69. The summed E-state index contributed by atoms with van der Waals surface area (Å²) in [4.78, 5) is 30.4. The first-order chi connectivity index (χ1) is 21.4. The van der Waals surface area contributed by atoms with Crippen LogP contribution in [-0.4, -0.2) is 66.8 Å². The Labute approximate surface area is 258 Å². The van der Waals surface area contributed by atoms with E-state index in [9.17, 15) is 22.8 Å². The van der Waals surface area contributed by atoms with E-state index in [4.69, 9.17) is 10.5 Å². The van der Waals surface area contributed by atoms with Crippen molar-refractivity contribution in [2.24, 2.45) is 0 Å². The number of nitrogens with zero attached hydrogens (tertiary/aromatic N) is 4. The van der Waals surface area contributed by atoms with Crippen LogP contribution in [0.2, 0.25) is 0 Å². The van der Waals surface area contributed by atoms with Gasteiger partial charge in [0, 0.05) is 48.7 Å². The van der Waals surface area contributed by atoms with E-state index >= 15 is 0 Å². The van der Waals surface area contributed by atoms with Crippen LogP contribution in [0.4, 0.5) is 36.1 Å². The Morgan fingerprint density at radius 2 is 1.67 bits per heavy atom. The number of hydrogen-bond acceptors (Lipinski definition) is 7. The number of nitrogen functional groups attached to an aromatic ring is 1. The second-order valence-corrected chi connectivity index (χ2v) is 10.9. The first-order valence-corrected chi connectivity index (χ1v) is 14.2. The Kier molecular flexibility index (Phi) is 9.00. The third-order valence-corrected chi connectivity index (χ3v) is 7.74. The standard InChI is InChI=1S/C32H34F3N7O3/c1-20-4-7-24(38-30(43)22-14-23(32(33,34)35)16-25(15-22)41-12-10-40(2)11-13-41)17-27(20)31(44)39-28-18-37-42(29(28)36)19-21-5-8-26(45-3)9-6-21/h4-9,14-18H,10-13,19,36H2,1-3H3,(H,38,43)(H,39,44). The van der Waals surface area contributed by atoms with E-state index in [0.29, 0.717) is 49.7 Å². The number of amides is 2. The lowest BCUT2D eigenvalue weighted by molar-refractivity contribution is -0.137. The summed E-state index contributed by atoms with van der Waals surface area (Å²) >= 11 is 0. The van der Waals surface area contributed by atoms with E-state index in [1.807, 2.05) is 36.2 Å². The minimum atomic E-state index is -4.63. The average Bonchev–Trinajstić information content (AvgIpc) is 3.35. The maximum absolute atomic E-state index is 13.8. The van der Waals surface area contributed by atoms with Crippen molar-refractivity contribution in [3.05, 3.63) is 94.7 Å². The summed E-state index contributed by atoms with van der Waals surface area (Å²) in [6, 6.07) is 15.5. The number of nitrogens with two attached hydrogens (primary N) is 1. The van der Waals surface area contributed by atoms with Crippen molar-refractivity contribution in [3.63, 3.8) is 0 Å². The number of carbonyl (C=O) groups excluding carboxylic acids is 2. The number of piperazine rings is 1. The topological polar surface area (TPSA) is 118 Å². The van der Waals surface area contributed by atoms with Crippen molar-refractivity contribution in [3.8, 4) is 5.75 Å². The molecule has 1 fully saturated rings. The molecule has 2 heterocycles. The molecule has 1 aromatic heterocycles. The van der Waals surface area contributed by atoms with Gasteiger partial charge in [0.15, 0.2) is 0 Å². The van der Waals surface area contributed by atoms with Gasteiger partial charge in [-0.15, -0.1) is 0 Å². The predicted octanol–water partition coefficient (Wildman–Crippen LogP) is 5.11. The highest BCUT2D eigenvalue weighted by atomic mass is 19.4. The first kappa shape index (κ1) is 31.4. The zero-order valence-electron chi connectivity index (χ0n) is 25.1. The van der Waals surface area contributed by atoms with Crippen LogP contribution < -0.4 is 26.0 Å². The maximum atomic E-state index is 13.8. The number of carbonyl (C=O) groups is 2. The van der Waals surface area contributed by atoms with Crippen molar-refractivity contribution in [1.82, 2.24) is 14.7 Å². The zero-order valence-corrected chi connectivity index (χ0v) is 25.1. The molecule has 5 rings (SSSR count). The third-order valence-electron chi connectivity index (χ3n) is 7.74. The van der Waals surface area contributed by atoms with Crippen LogP contribution in [0.25, 0.3) is 0 Å². The maximum Gasteiger partial charge on any atom is 0.416 e. The van der Waals surface area contributed by atoms with Gasteiger partial charge in [-0.05, 0) is 67.6 Å². The van der Waals surface area contributed by atoms with E-state index in [1.54, 1.807) is 30.8 Å². The lowest BCUT2D eigenvalue weighted by atomic mass is 10.1. The van der Waals surface area contributed by atoms with Crippen LogP contribution in [-0.2, 0) is 12.7 Å². The summed E-state index contributed by atoms with van der Waals surface area (Å²) in [6.45, 7) is 4.58. The fraction of sp³-hybridized carbons (Fsp3) is 0.281. The van der Waals surface area contributed by atoms with Gasteiger partial charge in [0.25, 0.3) is 11.8 Å². The van der Waals surface area contributed by atoms with Gasteiger partial charge in [0.1, 0.15) is 17.3 Å². The van der Waals surface area contributed by atoms with Crippen LogP contribution in [0.3, 0.4) is 0 Å². The second-order valence-electron chi connectivity index (χ2n) is 10.9. The van der Waals surface area contributed by atoms with Crippen molar-refractivity contribution < 1.29 is 27.5 Å². The molecular formula is C32H34F3N7O3. The van der Waals surface area contributed by atoms with Crippen molar-refractivity contribution in [2.45, 2.75) is 19.6 Å². The highest BCUT2D eigenvalue weighted by Gasteiger charge is 2.33. The molecule has 0 atom stereocenters. The van der Waals surface area contributed by atoms with Gasteiger partial charge < -0.3 is 30.9 Å². The number of methoxy groups -OCH3 is 1. The van der Waals surface area contributed by atoms with Gasteiger partial charge in [-0.1, -0.05) is 18.2 Å². The minimum Gasteiger partial charge on any atom is -0.497 e. The van der Waals surface area contributed by atoms with Gasteiger partial charge in [-0.25, -0.2) is 4.68 Å².